The van der Waals surface area contributed by atoms with Crippen LogP contribution >= 0.6 is 0 Å². The van der Waals surface area contributed by atoms with Gasteiger partial charge in [0.1, 0.15) is 11.6 Å². The molecule has 0 fully saturated rings. The Morgan fingerprint density at radius 2 is 2.05 bits per heavy atom. The average Bonchev–Trinajstić information content (AvgIpc) is 2.98. The van der Waals surface area contributed by atoms with E-state index in [1.807, 2.05) is 36.4 Å². The molecule has 0 saturated heterocycles. The van der Waals surface area contributed by atoms with Gasteiger partial charge in [-0.3, -0.25) is 0 Å². The van der Waals surface area contributed by atoms with Crippen molar-refractivity contribution in [2.75, 3.05) is 0 Å². The Hall–Kier alpha value is -3.13. The molecule has 0 bridgehead atoms. The first-order valence-electron chi connectivity index (χ1n) is 6.74. The predicted octanol–water partition coefficient (Wildman–Crippen LogP) is 3.56. The molecule has 2 aromatic carbocycles. The van der Waals surface area contributed by atoms with Crippen LogP contribution in [0.4, 0.5) is 0 Å². The first-order valence-corrected chi connectivity index (χ1v) is 6.74. The van der Waals surface area contributed by atoms with E-state index in [4.69, 9.17) is 14.5 Å². The van der Waals surface area contributed by atoms with Crippen LogP contribution < -0.4 is 0 Å². The number of carbonyl (C=O) groups is 1. The van der Waals surface area contributed by atoms with Gasteiger partial charge in [0.2, 0.25) is 0 Å². The van der Waals surface area contributed by atoms with Gasteiger partial charge in [0, 0.05) is 5.56 Å². The van der Waals surface area contributed by atoms with Gasteiger partial charge in [0.05, 0.1) is 10.9 Å². The number of hydrogen-bond acceptors (Lipinski definition) is 5. The van der Waals surface area contributed by atoms with E-state index in [-0.39, 0.29) is 0 Å². The molecule has 108 valence electrons. The molecule has 0 radical (unpaired) electrons. The number of rotatable bonds is 3. The first kappa shape index (κ1) is 13.8. The van der Waals surface area contributed by atoms with Gasteiger partial charge in [-0.15, -0.1) is 0 Å². The summed E-state index contributed by atoms with van der Waals surface area (Å²) in [5, 5.41) is 13.4. The molecule has 0 unspecified atom stereocenters. The summed E-state index contributed by atoms with van der Waals surface area (Å²) in [4.78, 5) is 12.0. The van der Waals surface area contributed by atoms with Crippen LogP contribution in [0.15, 0.2) is 53.1 Å². The number of ether oxygens (including phenoxy) is 1. The number of fused-ring (bicyclic) bond motifs is 1. The van der Waals surface area contributed by atoms with Crippen LogP contribution in [-0.4, -0.2) is 17.2 Å². The fourth-order valence-corrected chi connectivity index (χ4v) is 2.12. The van der Waals surface area contributed by atoms with Crippen LogP contribution in [0.1, 0.15) is 17.3 Å². The summed E-state index contributed by atoms with van der Waals surface area (Å²) >= 11 is 0. The number of nitriles is 1. The number of hydrogen-bond donors (Lipinski definition) is 0. The zero-order valence-corrected chi connectivity index (χ0v) is 11.8. The van der Waals surface area contributed by atoms with Gasteiger partial charge in [-0.2, -0.15) is 5.26 Å². The molecule has 5 nitrogen and oxygen atoms in total. The van der Waals surface area contributed by atoms with E-state index in [2.05, 4.69) is 5.16 Å². The van der Waals surface area contributed by atoms with Crippen molar-refractivity contribution in [1.82, 2.24) is 5.16 Å². The number of benzene rings is 2. The SMILES string of the molecule is C[C@@H](C#N)OC(=O)c1ccc2noc(-c3ccccc3)c2c1. The Morgan fingerprint density at radius 3 is 2.77 bits per heavy atom. The molecule has 1 heterocycles. The molecule has 0 saturated carbocycles. The second kappa shape index (κ2) is 5.70. The smallest absolute Gasteiger partial charge is 0.339 e. The van der Waals surface area contributed by atoms with Crippen LogP contribution in [0.5, 0.6) is 0 Å². The number of carbonyl (C=O) groups excluding carboxylic acids is 1. The Labute approximate surface area is 126 Å². The maximum Gasteiger partial charge on any atom is 0.339 e. The van der Waals surface area contributed by atoms with E-state index in [1.54, 1.807) is 18.2 Å². The highest BCUT2D eigenvalue weighted by molar-refractivity contribution is 5.98. The Kier molecular flexibility index (Phi) is 3.58. The van der Waals surface area contributed by atoms with Crippen LogP contribution in [0.25, 0.3) is 22.2 Å². The third kappa shape index (κ3) is 2.54. The summed E-state index contributed by atoms with van der Waals surface area (Å²) in [6.07, 6.45) is -0.792. The lowest BCUT2D eigenvalue weighted by molar-refractivity contribution is 0.0435. The fourth-order valence-electron chi connectivity index (χ4n) is 2.12. The van der Waals surface area contributed by atoms with Crippen molar-refractivity contribution in [3.63, 3.8) is 0 Å². The second-order valence-corrected chi connectivity index (χ2v) is 4.79. The summed E-state index contributed by atoms with van der Waals surface area (Å²) in [6, 6.07) is 16.3. The number of aromatic nitrogens is 1. The maximum absolute atomic E-state index is 12.0. The Balaban J connectivity index is 2.02. The summed E-state index contributed by atoms with van der Waals surface area (Å²) in [6.45, 7) is 1.52. The Bertz CT molecular complexity index is 862. The van der Waals surface area contributed by atoms with Gasteiger partial charge in [0.15, 0.2) is 11.9 Å². The fraction of sp³-hybridized carbons (Fsp3) is 0.118. The van der Waals surface area contributed by atoms with Crippen LogP contribution in [0, 0.1) is 11.3 Å². The molecule has 0 aliphatic rings. The van der Waals surface area contributed by atoms with Crippen LogP contribution in [0.2, 0.25) is 0 Å². The van der Waals surface area contributed by atoms with Gasteiger partial charge in [-0.1, -0.05) is 35.5 Å². The van der Waals surface area contributed by atoms with Crippen molar-refractivity contribution in [3.05, 3.63) is 54.1 Å². The van der Waals surface area contributed by atoms with Crippen LogP contribution in [-0.2, 0) is 4.74 Å². The quantitative estimate of drug-likeness (QED) is 0.690. The van der Waals surface area contributed by atoms with Crippen molar-refractivity contribution in [2.24, 2.45) is 0 Å². The van der Waals surface area contributed by atoms with Gasteiger partial charge < -0.3 is 9.26 Å². The number of nitrogens with zero attached hydrogens (tertiary/aromatic N) is 2. The minimum atomic E-state index is -0.792. The zero-order chi connectivity index (χ0) is 15.5. The van der Waals surface area contributed by atoms with Gasteiger partial charge in [0.25, 0.3) is 0 Å². The molecule has 0 amide bonds. The predicted molar refractivity (Wildman–Crippen MR) is 79.9 cm³/mol. The van der Waals surface area contributed by atoms with Crippen molar-refractivity contribution < 1.29 is 14.1 Å². The molecular formula is C17H12N2O3. The summed E-state index contributed by atoms with van der Waals surface area (Å²) < 4.78 is 10.4. The molecule has 22 heavy (non-hydrogen) atoms. The first-order chi connectivity index (χ1) is 10.7. The lowest BCUT2D eigenvalue weighted by Crippen LogP contribution is -2.12. The number of esters is 1. The molecule has 3 aromatic rings. The largest absolute Gasteiger partial charge is 0.444 e. The highest BCUT2D eigenvalue weighted by atomic mass is 16.5. The normalized spacial score (nSPS) is 11.8. The lowest BCUT2D eigenvalue weighted by atomic mass is 10.1. The molecule has 3 rings (SSSR count). The zero-order valence-electron chi connectivity index (χ0n) is 11.8. The molecule has 1 aromatic heterocycles. The van der Waals surface area contributed by atoms with Crippen molar-refractivity contribution in [2.45, 2.75) is 13.0 Å². The average molecular weight is 292 g/mol. The second-order valence-electron chi connectivity index (χ2n) is 4.79. The van der Waals surface area contributed by atoms with Crippen molar-refractivity contribution >= 4 is 16.9 Å². The van der Waals surface area contributed by atoms with Crippen LogP contribution in [0.3, 0.4) is 0 Å². The molecule has 5 heteroatoms. The molecule has 0 N–H and O–H groups in total. The van der Waals surface area contributed by atoms with E-state index >= 15 is 0 Å². The van der Waals surface area contributed by atoms with E-state index in [9.17, 15) is 4.79 Å². The highest BCUT2D eigenvalue weighted by Crippen LogP contribution is 2.29. The van der Waals surface area contributed by atoms with E-state index in [1.165, 1.54) is 6.92 Å². The summed E-state index contributed by atoms with van der Waals surface area (Å²) in [7, 11) is 0. The standard InChI is InChI=1S/C17H12N2O3/c1-11(10-18)21-17(20)13-7-8-15-14(9-13)16(22-19-15)12-5-3-2-4-6-12/h2-9,11H,1H3/t11-/m0/s1. The van der Waals surface area contributed by atoms with Gasteiger partial charge >= 0.3 is 5.97 Å². The topological polar surface area (TPSA) is 76.1 Å². The molecule has 0 spiro atoms. The van der Waals surface area contributed by atoms with E-state index in [0.717, 1.165) is 10.9 Å². The van der Waals surface area contributed by atoms with Gasteiger partial charge in [-0.25, -0.2) is 4.79 Å². The minimum absolute atomic E-state index is 0.356. The Morgan fingerprint density at radius 1 is 1.27 bits per heavy atom. The molecular weight excluding hydrogens is 280 g/mol. The summed E-state index contributed by atoms with van der Waals surface area (Å²) in [5.74, 6) is 0.0507. The monoisotopic (exact) mass is 292 g/mol. The van der Waals surface area contributed by atoms with E-state index in [0.29, 0.717) is 16.8 Å². The van der Waals surface area contributed by atoms with Crippen molar-refractivity contribution in [1.29, 1.82) is 5.26 Å². The van der Waals surface area contributed by atoms with E-state index < -0.39 is 12.1 Å². The molecule has 1 atom stereocenters. The third-order valence-electron chi connectivity index (χ3n) is 3.21. The molecule has 0 aliphatic carbocycles. The minimum Gasteiger partial charge on any atom is -0.444 e. The maximum atomic E-state index is 12.0. The lowest BCUT2D eigenvalue weighted by Gasteiger charge is -2.05. The van der Waals surface area contributed by atoms with Gasteiger partial charge in [-0.05, 0) is 25.1 Å². The summed E-state index contributed by atoms with van der Waals surface area (Å²) in [5.41, 5.74) is 1.89. The molecule has 0 aliphatic heterocycles. The third-order valence-corrected chi connectivity index (χ3v) is 3.21. The highest BCUT2D eigenvalue weighted by Gasteiger charge is 2.16. The van der Waals surface area contributed by atoms with Crippen molar-refractivity contribution in [3.8, 4) is 17.4 Å².